The van der Waals surface area contributed by atoms with Crippen molar-refractivity contribution < 1.29 is 9.47 Å². The zero-order chi connectivity index (χ0) is 19.2. The Morgan fingerprint density at radius 1 is 0.815 bits per heavy atom. The summed E-state index contributed by atoms with van der Waals surface area (Å²) in [5.74, 6) is 1.73. The minimum Gasteiger partial charge on any atom is -0.483 e. The molecular formula is C23H28N2O2. The van der Waals surface area contributed by atoms with Crippen LogP contribution in [0.2, 0.25) is 0 Å². The monoisotopic (exact) mass is 364 g/mol. The molecule has 1 aliphatic heterocycles. The van der Waals surface area contributed by atoms with Crippen LogP contribution in [-0.4, -0.2) is 38.1 Å². The molecule has 4 nitrogen and oxygen atoms in total. The van der Waals surface area contributed by atoms with E-state index in [0.29, 0.717) is 17.7 Å². The van der Waals surface area contributed by atoms with E-state index in [2.05, 4.69) is 62.4 Å². The van der Waals surface area contributed by atoms with Gasteiger partial charge < -0.3 is 9.47 Å². The molecule has 0 aliphatic carbocycles. The maximum Gasteiger partial charge on any atom is 0.209 e. The highest BCUT2D eigenvalue weighted by Crippen LogP contribution is 2.22. The van der Waals surface area contributed by atoms with E-state index in [1.54, 1.807) is 14.2 Å². The van der Waals surface area contributed by atoms with Gasteiger partial charge in [-0.2, -0.15) is 0 Å². The first-order valence-corrected chi connectivity index (χ1v) is 9.50. The molecule has 0 saturated carbocycles. The Morgan fingerprint density at radius 2 is 1.44 bits per heavy atom. The van der Waals surface area contributed by atoms with Crippen LogP contribution in [0.4, 0.5) is 0 Å². The number of methoxy groups -OCH3 is 2. The molecule has 0 radical (unpaired) electrons. The third-order valence-corrected chi connectivity index (χ3v) is 4.90. The quantitative estimate of drug-likeness (QED) is 0.766. The van der Waals surface area contributed by atoms with Gasteiger partial charge >= 0.3 is 0 Å². The van der Waals surface area contributed by atoms with E-state index in [4.69, 9.17) is 19.5 Å². The molecule has 3 rings (SSSR count). The van der Waals surface area contributed by atoms with Crippen molar-refractivity contribution >= 4 is 11.8 Å². The minimum absolute atomic E-state index is 0.0636. The van der Waals surface area contributed by atoms with Gasteiger partial charge in [0.25, 0.3) is 0 Å². The summed E-state index contributed by atoms with van der Waals surface area (Å²) in [4.78, 5) is 9.51. The summed E-state index contributed by atoms with van der Waals surface area (Å²) in [5, 5.41) is 0. The lowest BCUT2D eigenvalue weighted by molar-refractivity contribution is 0.331. The van der Waals surface area contributed by atoms with Crippen molar-refractivity contribution in [2.75, 3.05) is 14.2 Å². The number of aliphatic imine (C=N–C) groups is 2. The van der Waals surface area contributed by atoms with Crippen molar-refractivity contribution in [2.45, 2.75) is 38.8 Å². The Bertz CT molecular complexity index is 795. The van der Waals surface area contributed by atoms with Gasteiger partial charge in [0.2, 0.25) is 11.8 Å². The largest absolute Gasteiger partial charge is 0.483 e. The Labute approximate surface area is 162 Å². The van der Waals surface area contributed by atoms with E-state index in [1.807, 2.05) is 6.07 Å². The van der Waals surface area contributed by atoms with Gasteiger partial charge in [0, 0.05) is 0 Å². The summed E-state index contributed by atoms with van der Waals surface area (Å²) < 4.78 is 11.0. The average molecular weight is 364 g/mol. The molecule has 0 aromatic heterocycles. The molecule has 0 fully saturated rings. The molecule has 0 bridgehead atoms. The molecule has 2 aromatic rings. The molecule has 2 atom stereocenters. The van der Waals surface area contributed by atoms with Crippen LogP contribution < -0.4 is 0 Å². The zero-order valence-electron chi connectivity index (χ0n) is 16.6. The van der Waals surface area contributed by atoms with Crippen molar-refractivity contribution in [3.63, 3.8) is 0 Å². The maximum atomic E-state index is 5.53. The number of aryl methyl sites for hydroxylation is 1. The van der Waals surface area contributed by atoms with Crippen molar-refractivity contribution in [1.82, 2.24) is 0 Å². The van der Waals surface area contributed by atoms with Crippen LogP contribution in [0.1, 0.15) is 25.8 Å². The van der Waals surface area contributed by atoms with Crippen LogP contribution in [0.3, 0.4) is 0 Å². The first kappa shape index (κ1) is 19.2. The van der Waals surface area contributed by atoms with Gasteiger partial charge in [-0.1, -0.05) is 68.4 Å². The van der Waals surface area contributed by atoms with Gasteiger partial charge in [-0.05, 0) is 35.4 Å². The SMILES string of the molecule is COC1=N[C@H](C(C)C)C(OC)=N[C@H]1CCc1ccc(-c2ccccc2)cc1. The number of hydrogen-bond acceptors (Lipinski definition) is 4. The van der Waals surface area contributed by atoms with E-state index in [-0.39, 0.29) is 12.1 Å². The minimum atomic E-state index is -0.0891. The predicted octanol–water partition coefficient (Wildman–Crippen LogP) is 4.78. The average Bonchev–Trinajstić information content (AvgIpc) is 2.72. The Kier molecular flexibility index (Phi) is 6.28. The summed E-state index contributed by atoms with van der Waals surface area (Å²) in [6, 6.07) is 19.0. The van der Waals surface area contributed by atoms with Gasteiger partial charge in [0.15, 0.2) is 0 Å². The summed E-state index contributed by atoms with van der Waals surface area (Å²) in [7, 11) is 3.34. The molecule has 1 heterocycles. The summed E-state index contributed by atoms with van der Waals surface area (Å²) in [6.07, 6.45) is 1.75. The second-order valence-electron chi connectivity index (χ2n) is 7.15. The number of benzene rings is 2. The topological polar surface area (TPSA) is 43.2 Å². The van der Waals surface area contributed by atoms with E-state index >= 15 is 0 Å². The van der Waals surface area contributed by atoms with Gasteiger partial charge in [-0.3, -0.25) is 0 Å². The third kappa shape index (κ3) is 4.57. The molecule has 0 saturated heterocycles. The van der Waals surface area contributed by atoms with E-state index in [1.165, 1.54) is 16.7 Å². The highest BCUT2D eigenvalue weighted by Gasteiger charge is 2.30. The van der Waals surface area contributed by atoms with Crippen molar-refractivity contribution in [3.05, 3.63) is 60.2 Å². The van der Waals surface area contributed by atoms with Gasteiger partial charge in [0.05, 0.1) is 14.2 Å². The van der Waals surface area contributed by atoms with Crippen LogP contribution >= 0.6 is 0 Å². The van der Waals surface area contributed by atoms with E-state index in [0.717, 1.165) is 12.8 Å². The molecular weight excluding hydrogens is 336 g/mol. The maximum absolute atomic E-state index is 5.53. The first-order chi connectivity index (χ1) is 13.1. The number of ether oxygens (including phenoxy) is 2. The molecule has 0 spiro atoms. The molecule has 4 heteroatoms. The summed E-state index contributed by atoms with van der Waals surface area (Å²) in [5.41, 5.74) is 3.75. The van der Waals surface area contributed by atoms with Crippen molar-refractivity contribution in [1.29, 1.82) is 0 Å². The van der Waals surface area contributed by atoms with Crippen LogP contribution in [0, 0.1) is 5.92 Å². The lowest BCUT2D eigenvalue weighted by Crippen LogP contribution is -2.37. The smallest absolute Gasteiger partial charge is 0.209 e. The van der Waals surface area contributed by atoms with Crippen LogP contribution in [-0.2, 0) is 15.9 Å². The molecule has 2 aromatic carbocycles. The Balaban J connectivity index is 1.68. The van der Waals surface area contributed by atoms with Crippen LogP contribution in [0.25, 0.3) is 11.1 Å². The fourth-order valence-corrected chi connectivity index (χ4v) is 3.35. The highest BCUT2D eigenvalue weighted by atomic mass is 16.5. The van der Waals surface area contributed by atoms with E-state index in [9.17, 15) is 0 Å². The summed E-state index contributed by atoms with van der Waals surface area (Å²) in [6.45, 7) is 4.23. The second-order valence-corrected chi connectivity index (χ2v) is 7.15. The van der Waals surface area contributed by atoms with Crippen LogP contribution in [0.5, 0.6) is 0 Å². The molecule has 1 aliphatic rings. The predicted molar refractivity (Wildman–Crippen MR) is 112 cm³/mol. The Morgan fingerprint density at radius 3 is 2.04 bits per heavy atom. The molecule has 0 N–H and O–H groups in total. The molecule has 0 amide bonds. The van der Waals surface area contributed by atoms with Gasteiger partial charge in [0.1, 0.15) is 12.1 Å². The Hall–Kier alpha value is -2.62. The van der Waals surface area contributed by atoms with Crippen molar-refractivity contribution in [3.8, 4) is 11.1 Å². The highest BCUT2D eigenvalue weighted by molar-refractivity contribution is 5.94. The number of nitrogens with zero attached hydrogens (tertiary/aromatic N) is 2. The molecule has 0 unspecified atom stereocenters. The van der Waals surface area contributed by atoms with Crippen molar-refractivity contribution in [2.24, 2.45) is 15.9 Å². The van der Waals surface area contributed by atoms with Crippen LogP contribution in [0.15, 0.2) is 64.6 Å². The first-order valence-electron chi connectivity index (χ1n) is 9.50. The fourth-order valence-electron chi connectivity index (χ4n) is 3.35. The molecule has 27 heavy (non-hydrogen) atoms. The van der Waals surface area contributed by atoms with Gasteiger partial charge in [-0.25, -0.2) is 9.98 Å². The number of rotatable bonds is 5. The second kappa shape index (κ2) is 8.85. The third-order valence-electron chi connectivity index (χ3n) is 4.90. The normalized spacial score (nSPS) is 19.4. The fraction of sp³-hybridized carbons (Fsp3) is 0.391. The van der Waals surface area contributed by atoms with E-state index < -0.39 is 0 Å². The number of hydrogen-bond donors (Lipinski definition) is 0. The standard InChI is InChI=1S/C23H28N2O2/c1-16(2)21-23(27-4)24-20(22(25-21)26-3)15-12-17-10-13-19(14-11-17)18-8-6-5-7-9-18/h5-11,13-14,16,20-21H,12,15H2,1-4H3/t20-,21+/m0/s1. The lowest BCUT2D eigenvalue weighted by atomic mass is 9.99. The van der Waals surface area contributed by atoms with Gasteiger partial charge in [-0.15, -0.1) is 0 Å². The lowest BCUT2D eigenvalue weighted by Gasteiger charge is -2.27. The summed E-state index contributed by atoms with van der Waals surface area (Å²) >= 11 is 0. The zero-order valence-corrected chi connectivity index (χ0v) is 16.6. The molecule has 142 valence electrons.